The zero-order valence-corrected chi connectivity index (χ0v) is 42.8. The predicted molar refractivity (Wildman–Crippen MR) is 310 cm³/mol. The quantitative estimate of drug-likeness (QED) is 0.122. The van der Waals surface area contributed by atoms with Crippen LogP contribution in [0.15, 0.2) is 237 Å². The van der Waals surface area contributed by atoms with Gasteiger partial charge in [-0.25, -0.2) is 4.98 Å². The molecule has 0 spiro atoms. The topological polar surface area (TPSA) is 45.2 Å². The molecule has 10 aromatic carbocycles. The van der Waals surface area contributed by atoms with Crippen LogP contribution in [0.1, 0.15) is 33.4 Å². The highest BCUT2D eigenvalue weighted by atomic mass is 15.3. The maximum atomic E-state index is 5.58. The minimum Gasteiger partial charge on any atom is -0.309 e. The van der Waals surface area contributed by atoms with Crippen molar-refractivity contribution >= 4 is 34.4 Å². The van der Waals surface area contributed by atoms with Gasteiger partial charge in [-0.2, -0.15) is 9.97 Å². The van der Waals surface area contributed by atoms with Crippen LogP contribution in [0.4, 0.5) is 34.4 Å². The Morgan fingerprint density at radius 1 is 0.270 bits per heavy atom. The highest BCUT2D eigenvalue weighted by Gasteiger charge is 2.26. The Bertz CT molecular complexity index is 3620. The Kier molecular flexibility index (Phi) is 13.1. The molecule has 0 radical (unpaired) electrons. The third-order valence-corrected chi connectivity index (χ3v) is 13.8. The molecule has 0 saturated carbocycles. The Morgan fingerprint density at radius 3 is 1.14 bits per heavy atom. The minimum atomic E-state index is 0.491. The molecule has 0 saturated heterocycles. The number of benzene rings is 10. The van der Waals surface area contributed by atoms with E-state index in [1.54, 1.807) is 0 Å². The molecule has 74 heavy (non-hydrogen) atoms. The molecule has 1 aromatic heterocycles. The largest absolute Gasteiger partial charge is 0.309 e. The smallest absolute Gasteiger partial charge is 0.238 e. The molecule has 0 aliphatic rings. The molecule has 11 rings (SSSR count). The van der Waals surface area contributed by atoms with Crippen LogP contribution in [0, 0.1) is 41.5 Å². The first kappa shape index (κ1) is 47.2. The Balaban J connectivity index is 1.16. The lowest BCUT2D eigenvalue weighted by atomic mass is 9.96. The summed E-state index contributed by atoms with van der Waals surface area (Å²) >= 11 is 0. The highest BCUT2D eigenvalue weighted by molar-refractivity contribution is 5.90. The molecule has 0 N–H and O–H groups in total. The van der Waals surface area contributed by atoms with Crippen molar-refractivity contribution in [2.45, 2.75) is 41.5 Å². The molecular formula is C69H57N5. The molecule has 0 aliphatic heterocycles. The number of aromatic nitrogens is 3. The van der Waals surface area contributed by atoms with Gasteiger partial charge in [0.05, 0.1) is 17.1 Å². The van der Waals surface area contributed by atoms with Crippen LogP contribution < -0.4 is 9.80 Å². The molecule has 5 nitrogen and oxygen atoms in total. The third-order valence-electron chi connectivity index (χ3n) is 13.8. The van der Waals surface area contributed by atoms with E-state index in [-0.39, 0.29) is 0 Å². The van der Waals surface area contributed by atoms with E-state index in [1.807, 2.05) is 6.07 Å². The standard InChI is InChI=1S/C69H57N5/c1-46-38-48(3)65(49(4)39-46)74(66-50(5)40-47(2)41-51(66)6)62-36-34-61(35-37-62)73(64-33-20-19-32-63(64)55-28-17-10-18-29-55)69-71-67(57-31-21-30-56(42-57)52-22-11-7-12-23-52)70-68(72-69)60-44-58(53-24-13-8-14-25-53)43-59(45-60)54-26-15-9-16-27-54/h7-45H,1-6H3. The fraction of sp³-hybridized carbons (Fsp3) is 0.0870. The molecular weight excluding hydrogens is 899 g/mol. The summed E-state index contributed by atoms with van der Waals surface area (Å²) in [4.78, 5) is 21.2. The van der Waals surface area contributed by atoms with Crippen LogP contribution >= 0.6 is 0 Å². The first-order valence-corrected chi connectivity index (χ1v) is 25.3. The van der Waals surface area contributed by atoms with Crippen molar-refractivity contribution in [2.75, 3.05) is 9.80 Å². The summed E-state index contributed by atoms with van der Waals surface area (Å²) in [5.74, 6) is 1.62. The first-order valence-electron chi connectivity index (χ1n) is 25.3. The van der Waals surface area contributed by atoms with Crippen molar-refractivity contribution in [1.29, 1.82) is 0 Å². The van der Waals surface area contributed by atoms with Crippen molar-refractivity contribution in [1.82, 2.24) is 15.0 Å². The second kappa shape index (κ2) is 20.5. The first-order chi connectivity index (χ1) is 36.1. The Morgan fingerprint density at radius 2 is 0.635 bits per heavy atom. The molecule has 0 fully saturated rings. The summed E-state index contributed by atoms with van der Waals surface area (Å²) < 4.78 is 0. The maximum Gasteiger partial charge on any atom is 0.238 e. The van der Waals surface area contributed by atoms with Gasteiger partial charge < -0.3 is 4.90 Å². The number of para-hydroxylation sites is 1. The van der Waals surface area contributed by atoms with Crippen molar-refractivity contribution < 1.29 is 0 Å². The number of rotatable bonds is 12. The maximum absolute atomic E-state index is 5.58. The summed E-state index contributed by atoms with van der Waals surface area (Å²) in [5.41, 5.74) is 23.1. The van der Waals surface area contributed by atoms with E-state index in [0.29, 0.717) is 17.6 Å². The molecule has 0 unspecified atom stereocenters. The molecule has 0 amide bonds. The molecule has 0 atom stereocenters. The summed E-state index contributed by atoms with van der Waals surface area (Å²) in [5, 5.41) is 0. The SMILES string of the molecule is Cc1cc(C)c(N(c2ccc(N(c3nc(-c4cccc(-c5ccccc5)c4)nc(-c4cc(-c5ccccc5)cc(-c5ccccc5)c4)n3)c3ccccc3-c3ccccc3)cc2)c2c(C)cc(C)cc2C)c(C)c1. The van der Waals surface area contributed by atoms with Gasteiger partial charge in [0.25, 0.3) is 0 Å². The van der Waals surface area contributed by atoms with Crippen LogP contribution in [-0.2, 0) is 0 Å². The lowest BCUT2D eigenvalue weighted by molar-refractivity contribution is 1.02. The number of aryl methyl sites for hydroxylation is 6. The number of anilines is 6. The number of hydrogen-bond donors (Lipinski definition) is 0. The van der Waals surface area contributed by atoms with Gasteiger partial charge in [-0.3, -0.25) is 4.90 Å². The zero-order chi connectivity index (χ0) is 50.7. The van der Waals surface area contributed by atoms with Crippen molar-refractivity contribution in [3.05, 3.63) is 270 Å². The van der Waals surface area contributed by atoms with Gasteiger partial charge in [0.2, 0.25) is 5.95 Å². The van der Waals surface area contributed by atoms with Crippen LogP contribution in [0.25, 0.3) is 67.3 Å². The highest BCUT2D eigenvalue weighted by Crippen LogP contribution is 2.46. The van der Waals surface area contributed by atoms with Gasteiger partial charge >= 0.3 is 0 Å². The summed E-state index contributed by atoms with van der Waals surface area (Å²) in [6.07, 6.45) is 0. The lowest BCUT2D eigenvalue weighted by Crippen LogP contribution is -2.18. The van der Waals surface area contributed by atoms with Gasteiger partial charge in [0.1, 0.15) is 0 Å². The zero-order valence-electron chi connectivity index (χ0n) is 42.8. The normalized spacial score (nSPS) is 11.1. The fourth-order valence-electron chi connectivity index (χ4n) is 10.6. The van der Waals surface area contributed by atoms with Gasteiger partial charge in [-0.15, -0.1) is 0 Å². The number of hydrogen-bond acceptors (Lipinski definition) is 5. The van der Waals surface area contributed by atoms with Gasteiger partial charge in [0.15, 0.2) is 11.6 Å². The van der Waals surface area contributed by atoms with E-state index < -0.39 is 0 Å². The summed E-state index contributed by atoms with van der Waals surface area (Å²) in [7, 11) is 0. The second-order valence-corrected chi connectivity index (χ2v) is 19.3. The molecule has 0 bridgehead atoms. The number of nitrogens with zero attached hydrogens (tertiary/aromatic N) is 5. The van der Waals surface area contributed by atoms with Crippen LogP contribution in [0.3, 0.4) is 0 Å². The third kappa shape index (κ3) is 9.64. The van der Waals surface area contributed by atoms with Crippen LogP contribution in [0.5, 0.6) is 0 Å². The summed E-state index contributed by atoms with van der Waals surface area (Å²) in [6.45, 7) is 13.2. The van der Waals surface area contributed by atoms with Crippen LogP contribution in [-0.4, -0.2) is 15.0 Å². The van der Waals surface area contributed by atoms with Gasteiger partial charge in [0, 0.05) is 28.1 Å². The Hall–Kier alpha value is -9.19. The molecule has 5 heteroatoms. The Labute approximate surface area is 435 Å². The van der Waals surface area contributed by atoms with Gasteiger partial charge in [-0.05, 0) is 157 Å². The van der Waals surface area contributed by atoms with E-state index in [1.165, 1.54) is 44.8 Å². The second-order valence-electron chi connectivity index (χ2n) is 19.3. The fourth-order valence-corrected chi connectivity index (χ4v) is 10.6. The van der Waals surface area contributed by atoms with Crippen molar-refractivity contribution in [3.63, 3.8) is 0 Å². The van der Waals surface area contributed by atoms with Crippen LogP contribution in [0.2, 0.25) is 0 Å². The van der Waals surface area contributed by atoms with E-state index in [4.69, 9.17) is 15.0 Å². The average Bonchev–Trinajstić information content (AvgIpc) is 3.43. The van der Waals surface area contributed by atoms with E-state index in [0.717, 1.165) is 72.7 Å². The lowest BCUT2D eigenvalue weighted by Gasteiger charge is -2.32. The van der Waals surface area contributed by atoms with E-state index in [2.05, 4.69) is 282 Å². The molecule has 0 aliphatic carbocycles. The minimum absolute atomic E-state index is 0.491. The molecule has 11 aromatic rings. The van der Waals surface area contributed by atoms with E-state index >= 15 is 0 Å². The van der Waals surface area contributed by atoms with E-state index in [9.17, 15) is 0 Å². The van der Waals surface area contributed by atoms with Gasteiger partial charge in [-0.1, -0.05) is 193 Å². The monoisotopic (exact) mass is 955 g/mol. The van der Waals surface area contributed by atoms with Crippen molar-refractivity contribution in [3.8, 4) is 67.3 Å². The molecule has 1 heterocycles. The summed E-state index contributed by atoms with van der Waals surface area (Å²) in [6, 6.07) is 83.9. The molecule has 358 valence electrons. The average molecular weight is 956 g/mol. The van der Waals surface area contributed by atoms with Crippen molar-refractivity contribution in [2.24, 2.45) is 0 Å². The predicted octanol–water partition coefficient (Wildman–Crippen LogP) is 18.7.